The SMILES string of the molecule is C[C@@H]1N[C@@H](c2cn(Cc3cccc(Cn4cc([C@@H]5N[C@@H](C)[C@@H](O)[C@H]5O)nn4)c3)nn2)[C@H](O)[C@@H]1O. The van der Waals surface area contributed by atoms with Crippen molar-refractivity contribution in [2.75, 3.05) is 0 Å². The summed E-state index contributed by atoms with van der Waals surface area (Å²) in [7, 11) is 0. The summed E-state index contributed by atoms with van der Waals surface area (Å²) in [4.78, 5) is 0. The van der Waals surface area contributed by atoms with Gasteiger partial charge in [-0.25, -0.2) is 9.36 Å². The summed E-state index contributed by atoms with van der Waals surface area (Å²) in [5.74, 6) is 0. The van der Waals surface area contributed by atoms with Crippen LogP contribution < -0.4 is 10.6 Å². The highest BCUT2D eigenvalue weighted by Gasteiger charge is 2.41. The van der Waals surface area contributed by atoms with Crippen LogP contribution in [0.25, 0.3) is 0 Å². The lowest BCUT2D eigenvalue weighted by atomic mass is 10.1. The highest BCUT2D eigenvalue weighted by atomic mass is 16.3. The fourth-order valence-electron chi connectivity index (χ4n) is 4.73. The Kier molecular flexibility index (Phi) is 6.18. The molecule has 8 atom stereocenters. The average molecular weight is 471 g/mol. The Balaban J connectivity index is 1.24. The van der Waals surface area contributed by atoms with Gasteiger partial charge in [0.15, 0.2) is 0 Å². The van der Waals surface area contributed by atoms with Crippen LogP contribution in [-0.4, -0.2) is 86.9 Å². The van der Waals surface area contributed by atoms with Crippen LogP contribution in [-0.2, 0) is 13.1 Å². The Morgan fingerprint density at radius 1 is 0.735 bits per heavy atom. The average Bonchev–Trinajstić information content (AvgIpc) is 3.57. The molecule has 0 aliphatic carbocycles. The largest absolute Gasteiger partial charge is 0.389 e. The maximum Gasteiger partial charge on any atom is 0.102 e. The summed E-state index contributed by atoms with van der Waals surface area (Å²) in [5, 5.41) is 63.4. The molecule has 12 nitrogen and oxygen atoms in total. The molecule has 2 saturated heterocycles. The molecule has 0 amide bonds. The molecule has 0 spiro atoms. The molecule has 2 aliphatic heterocycles. The normalized spacial score (nSPS) is 33.6. The van der Waals surface area contributed by atoms with Gasteiger partial charge in [-0.1, -0.05) is 34.7 Å². The molecule has 0 bridgehead atoms. The summed E-state index contributed by atoms with van der Waals surface area (Å²) in [5.41, 5.74) is 3.22. The van der Waals surface area contributed by atoms with E-state index in [0.29, 0.717) is 24.5 Å². The zero-order valence-corrected chi connectivity index (χ0v) is 19.0. The number of nitrogens with one attached hydrogen (secondary N) is 2. The number of aromatic nitrogens is 6. The topological polar surface area (TPSA) is 166 Å². The van der Waals surface area contributed by atoms with E-state index in [-0.39, 0.29) is 12.1 Å². The van der Waals surface area contributed by atoms with E-state index in [9.17, 15) is 20.4 Å². The zero-order valence-electron chi connectivity index (χ0n) is 19.0. The molecule has 5 rings (SSSR count). The van der Waals surface area contributed by atoms with Crippen LogP contribution in [0.3, 0.4) is 0 Å². The predicted octanol–water partition coefficient (Wildman–Crippen LogP) is -1.52. The van der Waals surface area contributed by atoms with Crippen molar-refractivity contribution in [1.82, 2.24) is 40.6 Å². The molecule has 4 heterocycles. The first-order valence-electron chi connectivity index (χ1n) is 11.4. The Morgan fingerprint density at radius 3 is 1.56 bits per heavy atom. The third kappa shape index (κ3) is 4.35. The third-order valence-electron chi connectivity index (χ3n) is 6.72. The van der Waals surface area contributed by atoms with Gasteiger partial charge < -0.3 is 31.1 Å². The number of nitrogens with zero attached hydrogens (tertiary/aromatic N) is 6. The number of aliphatic hydroxyl groups is 4. The van der Waals surface area contributed by atoms with Crippen LogP contribution in [0.15, 0.2) is 36.7 Å². The third-order valence-corrected chi connectivity index (χ3v) is 6.72. The van der Waals surface area contributed by atoms with Gasteiger partial charge in [0.05, 0.1) is 49.8 Å². The van der Waals surface area contributed by atoms with E-state index < -0.39 is 36.5 Å². The number of rotatable bonds is 6. The Bertz CT molecular complexity index is 1050. The molecular weight excluding hydrogens is 440 g/mol. The van der Waals surface area contributed by atoms with Crippen molar-refractivity contribution in [2.45, 2.75) is 75.5 Å². The second kappa shape index (κ2) is 9.13. The van der Waals surface area contributed by atoms with E-state index in [1.807, 2.05) is 38.1 Å². The lowest BCUT2D eigenvalue weighted by Crippen LogP contribution is -2.29. The monoisotopic (exact) mass is 470 g/mol. The van der Waals surface area contributed by atoms with Crippen molar-refractivity contribution in [1.29, 1.82) is 0 Å². The van der Waals surface area contributed by atoms with Crippen LogP contribution in [0.4, 0.5) is 0 Å². The molecule has 2 aromatic heterocycles. The van der Waals surface area contributed by atoms with Crippen LogP contribution in [0.1, 0.15) is 48.4 Å². The molecule has 1 aromatic carbocycles. The molecule has 34 heavy (non-hydrogen) atoms. The molecule has 2 fully saturated rings. The second-order valence-electron chi connectivity index (χ2n) is 9.33. The molecular formula is C22H30N8O4. The van der Waals surface area contributed by atoms with Crippen LogP contribution in [0.2, 0.25) is 0 Å². The van der Waals surface area contributed by atoms with Crippen molar-refractivity contribution in [2.24, 2.45) is 0 Å². The van der Waals surface area contributed by atoms with Crippen molar-refractivity contribution in [3.63, 3.8) is 0 Å². The molecule has 2 aliphatic rings. The Hall–Kier alpha value is -2.74. The number of hydrogen-bond donors (Lipinski definition) is 6. The minimum atomic E-state index is -0.928. The van der Waals surface area contributed by atoms with Gasteiger partial charge in [0.1, 0.15) is 23.6 Å². The second-order valence-corrected chi connectivity index (χ2v) is 9.33. The van der Waals surface area contributed by atoms with Gasteiger partial charge in [0.2, 0.25) is 0 Å². The van der Waals surface area contributed by atoms with Crippen molar-refractivity contribution < 1.29 is 20.4 Å². The summed E-state index contributed by atoms with van der Waals surface area (Å²) in [6.45, 7) is 4.63. The van der Waals surface area contributed by atoms with E-state index in [4.69, 9.17) is 0 Å². The van der Waals surface area contributed by atoms with Crippen LogP contribution >= 0.6 is 0 Å². The van der Waals surface area contributed by atoms with E-state index in [1.54, 1.807) is 21.8 Å². The lowest BCUT2D eigenvalue weighted by Gasteiger charge is -2.12. The van der Waals surface area contributed by atoms with Crippen molar-refractivity contribution >= 4 is 0 Å². The van der Waals surface area contributed by atoms with Gasteiger partial charge in [-0.15, -0.1) is 10.2 Å². The molecule has 0 unspecified atom stereocenters. The van der Waals surface area contributed by atoms with E-state index in [2.05, 4.69) is 31.3 Å². The first-order chi connectivity index (χ1) is 16.3. The quantitative estimate of drug-likeness (QED) is 0.249. The highest BCUT2D eigenvalue weighted by molar-refractivity contribution is 5.24. The molecule has 0 saturated carbocycles. The molecule has 182 valence electrons. The van der Waals surface area contributed by atoms with Crippen LogP contribution in [0.5, 0.6) is 0 Å². The van der Waals surface area contributed by atoms with E-state index >= 15 is 0 Å². The van der Waals surface area contributed by atoms with Crippen LogP contribution in [0, 0.1) is 0 Å². The number of benzene rings is 1. The van der Waals surface area contributed by atoms with Gasteiger partial charge in [-0.3, -0.25) is 0 Å². The summed E-state index contributed by atoms with van der Waals surface area (Å²) < 4.78 is 3.40. The number of aliphatic hydroxyl groups excluding tert-OH is 4. The molecule has 0 radical (unpaired) electrons. The zero-order chi connectivity index (χ0) is 24.0. The fraction of sp³-hybridized carbons (Fsp3) is 0.545. The summed E-state index contributed by atoms with van der Waals surface area (Å²) >= 11 is 0. The fourth-order valence-corrected chi connectivity index (χ4v) is 4.73. The lowest BCUT2D eigenvalue weighted by molar-refractivity contribution is 0.0295. The minimum absolute atomic E-state index is 0.222. The number of hydrogen-bond acceptors (Lipinski definition) is 10. The van der Waals surface area contributed by atoms with Crippen molar-refractivity contribution in [3.8, 4) is 0 Å². The van der Waals surface area contributed by atoms with Gasteiger partial charge in [-0.2, -0.15) is 0 Å². The standard InChI is InChI=1S/C22H30N8O4/c1-11-19(31)21(33)17(23-11)15-9-29(27-25-15)7-13-4-3-5-14(6-13)8-30-10-16(26-28-30)18-22(34)20(32)12(2)24-18/h3-6,9-12,17-24,31-34H,7-8H2,1-2H3/t11-,12-,17-,18-,19+,20+,21-,22-/m0/s1. The van der Waals surface area contributed by atoms with Crippen molar-refractivity contribution in [3.05, 3.63) is 59.2 Å². The Morgan fingerprint density at radius 2 is 1.18 bits per heavy atom. The predicted molar refractivity (Wildman–Crippen MR) is 119 cm³/mol. The van der Waals surface area contributed by atoms with Gasteiger partial charge in [0, 0.05) is 12.1 Å². The first-order valence-corrected chi connectivity index (χ1v) is 11.4. The molecule has 3 aromatic rings. The van der Waals surface area contributed by atoms with Gasteiger partial charge >= 0.3 is 0 Å². The van der Waals surface area contributed by atoms with E-state index in [0.717, 1.165) is 11.1 Å². The van der Waals surface area contributed by atoms with Gasteiger partial charge in [-0.05, 0) is 25.0 Å². The summed E-state index contributed by atoms with van der Waals surface area (Å²) in [6.07, 6.45) is 0.0103. The van der Waals surface area contributed by atoms with E-state index in [1.165, 1.54) is 0 Å². The first kappa shape index (κ1) is 23.0. The molecule has 12 heteroatoms. The molecule has 6 N–H and O–H groups in total. The minimum Gasteiger partial charge on any atom is -0.389 e. The highest BCUT2D eigenvalue weighted by Crippen LogP contribution is 2.27. The summed E-state index contributed by atoms with van der Waals surface area (Å²) in [6, 6.07) is 6.64. The smallest absolute Gasteiger partial charge is 0.102 e. The Labute approximate surface area is 196 Å². The van der Waals surface area contributed by atoms with Gasteiger partial charge in [0.25, 0.3) is 0 Å². The maximum absolute atomic E-state index is 10.2. The maximum atomic E-state index is 10.2.